The number of aliphatic hydroxyl groups is 1. The minimum atomic E-state index is -0.275. The van der Waals surface area contributed by atoms with Gasteiger partial charge >= 0.3 is 0 Å². The Kier molecular flexibility index (Phi) is 3.30. The Balaban J connectivity index is 2.32. The van der Waals surface area contributed by atoms with Crippen LogP contribution in [0, 0.1) is 11.8 Å². The monoisotopic (exact) mass is 159 g/mol. The average Bonchev–Trinajstić information content (AvgIpc) is 2.53. The minimum absolute atomic E-state index is 0.196. The molecule has 3 heteroatoms. The van der Waals surface area contributed by atoms with Crippen molar-refractivity contribution in [3.8, 4) is 0 Å². The molecule has 0 aromatic carbocycles. The molecule has 1 aliphatic rings. The minimum Gasteiger partial charge on any atom is -0.392 e. The Hall–Kier alpha value is -0.120. The van der Waals surface area contributed by atoms with Crippen LogP contribution in [0.15, 0.2) is 0 Å². The highest BCUT2D eigenvalue weighted by Crippen LogP contribution is 2.21. The van der Waals surface area contributed by atoms with Gasteiger partial charge in [-0.15, -0.1) is 0 Å². The first-order chi connectivity index (χ1) is 5.25. The summed E-state index contributed by atoms with van der Waals surface area (Å²) in [5, 5.41) is 9.66. The Bertz CT molecular complexity index is 113. The fourth-order valence-electron chi connectivity index (χ4n) is 1.43. The zero-order valence-electron chi connectivity index (χ0n) is 6.99. The number of ether oxygens (including phenoxy) is 1. The molecule has 3 N–H and O–H groups in total. The van der Waals surface area contributed by atoms with Gasteiger partial charge in [-0.3, -0.25) is 0 Å². The Morgan fingerprint density at radius 3 is 2.91 bits per heavy atom. The topological polar surface area (TPSA) is 55.5 Å². The number of nitrogens with two attached hydrogens (primary N) is 1. The lowest BCUT2D eigenvalue weighted by Crippen LogP contribution is -2.32. The van der Waals surface area contributed by atoms with Gasteiger partial charge in [0.1, 0.15) is 0 Å². The van der Waals surface area contributed by atoms with Gasteiger partial charge in [0, 0.05) is 12.5 Å². The van der Waals surface area contributed by atoms with Crippen LogP contribution in [-0.2, 0) is 4.74 Å². The van der Waals surface area contributed by atoms with Crippen LogP contribution >= 0.6 is 0 Å². The normalized spacial score (nSPS) is 30.3. The van der Waals surface area contributed by atoms with Gasteiger partial charge in [-0.2, -0.15) is 0 Å². The second kappa shape index (κ2) is 4.04. The van der Waals surface area contributed by atoms with Gasteiger partial charge < -0.3 is 15.6 Å². The molecule has 0 bridgehead atoms. The maximum Gasteiger partial charge on any atom is 0.0628 e. The van der Waals surface area contributed by atoms with Gasteiger partial charge in [-0.1, -0.05) is 6.92 Å². The van der Waals surface area contributed by atoms with Crippen LogP contribution in [0.4, 0.5) is 0 Å². The largest absolute Gasteiger partial charge is 0.392 e. The van der Waals surface area contributed by atoms with E-state index in [0.717, 1.165) is 13.0 Å². The summed E-state index contributed by atoms with van der Waals surface area (Å²) in [5.41, 5.74) is 5.44. The number of rotatable bonds is 3. The Morgan fingerprint density at radius 1 is 1.73 bits per heavy atom. The van der Waals surface area contributed by atoms with Crippen LogP contribution in [0.2, 0.25) is 0 Å². The summed E-state index contributed by atoms with van der Waals surface area (Å²) in [7, 11) is 0. The number of hydrogen-bond donors (Lipinski definition) is 2. The molecule has 1 heterocycles. The van der Waals surface area contributed by atoms with Gasteiger partial charge in [0.05, 0.1) is 12.7 Å². The van der Waals surface area contributed by atoms with Crippen LogP contribution in [0.1, 0.15) is 13.3 Å². The zero-order chi connectivity index (χ0) is 8.27. The summed E-state index contributed by atoms with van der Waals surface area (Å²) in [6, 6.07) is 0. The molecule has 0 aliphatic carbocycles. The van der Waals surface area contributed by atoms with E-state index in [4.69, 9.17) is 10.5 Å². The van der Waals surface area contributed by atoms with Crippen LogP contribution in [0.3, 0.4) is 0 Å². The second-order valence-corrected chi connectivity index (χ2v) is 3.33. The van der Waals surface area contributed by atoms with E-state index >= 15 is 0 Å². The number of aliphatic hydroxyl groups excluding tert-OH is 1. The molecule has 66 valence electrons. The van der Waals surface area contributed by atoms with Crippen molar-refractivity contribution in [2.45, 2.75) is 19.4 Å². The van der Waals surface area contributed by atoms with E-state index in [9.17, 15) is 5.11 Å². The molecule has 1 aliphatic heterocycles. The Labute approximate surface area is 67.5 Å². The number of hydrogen-bond acceptors (Lipinski definition) is 3. The van der Waals surface area contributed by atoms with Crippen molar-refractivity contribution in [1.29, 1.82) is 0 Å². The van der Waals surface area contributed by atoms with Crippen LogP contribution in [-0.4, -0.2) is 31.0 Å². The maximum atomic E-state index is 9.66. The lowest BCUT2D eigenvalue weighted by Gasteiger charge is -2.21. The highest BCUT2D eigenvalue weighted by Gasteiger charge is 2.27. The SMILES string of the molecule is CC(CN)C(O)C1CCOC1. The molecule has 0 radical (unpaired) electrons. The van der Waals surface area contributed by atoms with Gasteiger partial charge in [-0.05, 0) is 18.9 Å². The van der Waals surface area contributed by atoms with Crippen molar-refractivity contribution < 1.29 is 9.84 Å². The summed E-state index contributed by atoms with van der Waals surface area (Å²) in [4.78, 5) is 0. The smallest absolute Gasteiger partial charge is 0.0628 e. The highest BCUT2D eigenvalue weighted by atomic mass is 16.5. The lowest BCUT2D eigenvalue weighted by molar-refractivity contribution is 0.0524. The van der Waals surface area contributed by atoms with E-state index in [1.807, 2.05) is 6.92 Å². The Morgan fingerprint density at radius 2 is 2.45 bits per heavy atom. The van der Waals surface area contributed by atoms with Gasteiger partial charge in [0.15, 0.2) is 0 Å². The predicted octanol–water partition coefficient (Wildman–Crippen LogP) is -0.0214. The molecule has 0 aromatic rings. The second-order valence-electron chi connectivity index (χ2n) is 3.33. The first-order valence-electron chi connectivity index (χ1n) is 4.21. The molecule has 0 saturated carbocycles. The summed E-state index contributed by atoms with van der Waals surface area (Å²) in [6.07, 6.45) is 0.702. The molecular formula is C8H17NO2. The summed E-state index contributed by atoms with van der Waals surface area (Å²) >= 11 is 0. The summed E-state index contributed by atoms with van der Waals surface area (Å²) in [6.45, 7) is 4.02. The predicted molar refractivity (Wildman–Crippen MR) is 43.2 cm³/mol. The van der Waals surface area contributed by atoms with Crippen molar-refractivity contribution in [3.05, 3.63) is 0 Å². The third kappa shape index (κ3) is 2.15. The molecule has 0 amide bonds. The zero-order valence-corrected chi connectivity index (χ0v) is 6.99. The van der Waals surface area contributed by atoms with Crippen molar-refractivity contribution in [2.24, 2.45) is 17.6 Å². The molecule has 0 aromatic heterocycles. The molecule has 3 unspecified atom stereocenters. The molecule has 1 saturated heterocycles. The molecule has 0 spiro atoms. The fraction of sp³-hybridized carbons (Fsp3) is 1.00. The van der Waals surface area contributed by atoms with E-state index in [2.05, 4.69) is 0 Å². The average molecular weight is 159 g/mol. The third-order valence-corrected chi connectivity index (χ3v) is 2.40. The van der Waals surface area contributed by atoms with Crippen molar-refractivity contribution in [2.75, 3.05) is 19.8 Å². The molecule has 1 rings (SSSR count). The van der Waals surface area contributed by atoms with Gasteiger partial charge in [0.25, 0.3) is 0 Å². The molecule has 11 heavy (non-hydrogen) atoms. The lowest BCUT2D eigenvalue weighted by atomic mass is 9.92. The molecule has 1 fully saturated rings. The van der Waals surface area contributed by atoms with E-state index in [0.29, 0.717) is 19.1 Å². The first-order valence-corrected chi connectivity index (χ1v) is 4.21. The van der Waals surface area contributed by atoms with E-state index < -0.39 is 0 Å². The molecule has 3 atom stereocenters. The highest BCUT2D eigenvalue weighted by molar-refractivity contribution is 4.77. The van der Waals surface area contributed by atoms with E-state index in [-0.39, 0.29) is 12.0 Å². The quantitative estimate of drug-likeness (QED) is 0.608. The van der Waals surface area contributed by atoms with Gasteiger partial charge in [-0.25, -0.2) is 0 Å². The molecular weight excluding hydrogens is 142 g/mol. The summed E-state index contributed by atoms with van der Waals surface area (Å²) in [5.74, 6) is 0.509. The van der Waals surface area contributed by atoms with E-state index in [1.165, 1.54) is 0 Å². The van der Waals surface area contributed by atoms with Crippen molar-refractivity contribution in [3.63, 3.8) is 0 Å². The fourth-order valence-corrected chi connectivity index (χ4v) is 1.43. The molecule has 3 nitrogen and oxygen atoms in total. The van der Waals surface area contributed by atoms with Crippen LogP contribution < -0.4 is 5.73 Å². The standard InChI is InChI=1S/C8H17NO2/c1-6(4-9)8(10)7-2-3-11-5-7/h6-8,10H,2-5,9H2,1H3. The first kappa shape index (κ1) is 8.97. The third-order valence-electron chi connectivity index (χ3n) is 2.40. The van der Waals surface area contributed by atoms with Crippen molar-refractivity contribution >= 4 is 0 Å². The van der Waals surface area contributed by atoms with Crippen molar-refractivity contribution in [1.82, 2.24) is 0 Å². The van der Waals surface area contributed by atoms with Gasteiger partial charge in [0.2, 0.25) is 0 Å². The summed E-state index contributed by atoms with van der Waals surface area (Å²) < 4.78 is 5.17. The van der Waals surface area contributed by atoms with Crippen LogP contribution in [0.5, 0.6) is 0 Å². The van der Waals surface area contributed by atoms with Crippen LogP contribution in [0.25, 0.3) is 0 Å². The van der Waals surface area contributed by atoms with E-state index in [1.54, 1.807) is 0 Å². The maximum absolute atomic E-state index is 9.66.